The molecular formula is C26H20O6. The van der Waals surface area contributed by atoms with Gasteiger partial charge in [0.25, 0.3) is 0 Å². The molecule has 4 aromatic rings. The fourth-order valence-corrected chi connectivity index (χ4v) is 4.24. The number of hydrogen-bond acceptors (Lipinski definition) is 6. The molecule has 1 aromatic heterocycles. The second-order valence-corrected chi connectivity index (χ2v) is 7.54. The van der Waals surface area contributed by atoms with Crippen molar-refractivity contribution in [2.75, 3.05) is 14.2 Å². The predicted octanol–water partition coefficient (Wildman–Crippen LogP) is 4.92. The van der Waals surface area contributed by atoms with Crippen LogP contribution in [0.5, 0.6) is 17.2 Å². The molecule has 1 aliphatic heterocycles. The maximum absolute atomic E-state index is 13.3. The Labute approximate surface area is 184 Å². The van der Waals surface area contributed by atoms with Crippen LogP contribution in [0.3, 0.4) is 0 Å². The van der Waals surface area contributed by atoms with Crippen LogP contribution in [-0.4, -0.2) is 20.2 Å². The van der Waals surface area contributed by atoms with Crippen molar-refractivity contribution in [3.05, 3.63) is 88.3 Å². The van der Waals surface area contributed by atoms with Crippen molar-refractivity contribution in [1.82, 2.24) is 0 Å². The third kappa shape index (κ3) is 3.21. The number of esters is 1. The zero-order valence-electron chi connectivity index (χ0n) is 17.6. The summed E-state index contributed by atoms with van der Waals surface area (Å²) < 4.78 is 22.4. The average Bonchev–Trinajstić information content (AvgIpc) is 2.83. The minimum atomic E-state index is -0.401. The molecule has 0 bridgehead atoms. The first-order valence-corrected chi connectivity index (χ1v) is 10.2. The van der Waals surface area contributed by atoms with E-state index in [1.165, 1.54) is 6.26 Å². The summed E-state index contributed by atoms with van der Waals surface area (Å²) in [5, 5.41) is 0.431. The highest BCUT2D eigenvalue weighted by molar-refractivity contribution is 5.90. The van der Waals surface area contributed by atoms with Gasteiger partial charge in [-0.3, -0.25) is 9.59 Å². The van der Waals surface area contributed by atoms with Crippen LogP contribution in [0, 0.1) is 0 Å². The number of benzene rings is 3. The van der Waals surface area contributed by atoms with Crippen molar-refractivity contribution in [2.24, 2.45) is 0 Å². The monoisotopic (exact) mass is 428 g/mol. The van der Waals surface area contributed by atoms with Gasteiger partial charge >= 0.3 is 5.97 Å². The van der Waals surface area contributed by atoms with E-state index in [0.717, 1.165) is 11.1 Å². The molecule has 0 saturated carbocycles. The molecule has 1 atom stereocenters. The Bertz CT molecular complexity index is 1390. The number of rotatable bonds is 4. The van der Waals surface area contributed by atoms with Gasteiger partial charge < -0.3 is 18.6 Å². The summed E-state index contributed by atoms with van der Waals surface area (Å²) >= 11 is 0. The molecule has 1 aliphatic rings. The van der Waals surface area contributed by atoms with E-state index in [0.29, 0.717) is 39.3 Å². The molecule has 0 saturated heterocycles. The first-order valence-electron chi connectivity index (χ1n) is 10.2. The summed E-state index contributed by atoms with van der Waals surface area (Å²) in [4.78, 5) is 25.7. The molecule has 3 aromatic carbocycles. The number of carbonyl (C=O) groups excluding carboxylic acids is 1. The van der Waals surface area contributed by atoms with Gasteiger partial charge in [0, 0.05) is 23.1 Å². The largest absolute Gasteiger partial charge is 0.497 e. The molecule has 0 fully saturated rings. The second-order valence-electron chi connectivity index (χ2n) is 7.54. The van der Waals surface area contributed by atoms with E-state index < -0.39 is 5.92 Å². The normalized spacial score (nSPS) is 15.2. The molecule has 0 N–H and O–H groups in total. The van der Waals surface area contributed by atoms with E-state index in [1.54, 1.807) is 32.4 Å². The smallest absolute Gasteiger partial charge is 0.312 e. The Kier molecular flexibility index (Phi) is 4.90. The predicted molar refractivity (Wildman–Crippen MR) is 120 cm³/mol. The van der Waals surface area contributed by atoms with Crippen LogP contribution in [0.25, 0.3) is 22.1 Å². The molecule has 0 radical (unpaired) electrons. The summed E-state index contributed by atoms with van der Waals surface area (Å²) in [6, 6.07) is 18.1. The Morgan fingerprint density at radius 2 is 1.75 bits per heavy atom. The van der Waals surface area contributed by atoms with Crippen molar-refractivity contribution in [3.8, 4) is 28.4 Å². The maximum atomic E-state index is 13.3. The van der Waals surface area contributed by atoms with E-state index in [1.807, 2.05) is 42.5 Å². The van der Waals surface area contributed by atoms with Crippen LogP contribution in [0.15, 0.2) is 76.1 Å². The Hall–Kier alpha value is -4.06. The van der Waals surface area contributed by atoms with Crippen LogP contribution < -0.4 is 19.6 Å². The number of carbonyl (C=O) groups is 1. The topological polar surface area (TPSA) is 75.0 Å². The standard InChI is InChI=1S/C26H20O6/c1-29-16-8-9-17(22(12-16)30-2)19-13-23(27)32-21-11-10-18-25(28)20(14-31-26(18)24(19)21)15-6-4-3-5-7-15/h3-12,14,19H,13H2,1-2H3/t19-/m0/s1. The maximum Gasteiger partial charge on any atom is 0.312 e. The Balaban J connectivity index is 1.74. The summed E-state index contributed by atoms with van der Waals surface area (Å²) in [6.07, 6.45) is 1.57. The Morgan fingerprint density at radius 1 is 0.938 bits per heavy atom. The fraction of sp³-hybridized carbons (Fsp3) is 0.154. The molecule has 6 heteroatoms. The van der Waals surface area contributed by atoms with Crippen molar-refractivity contribution in [2.45, 2.75) is 12.3 Å². The van der Waals surface area contributed by atoms with E-state index >= 15 is 0 Å². The highest BCUT2D eigenvalue weighted by Gasteiger charge is 2.34. The molecule has 2 heterocycles. The third-order valence-corrected chi connectivity index (χ3v) is 5.78. The molecule has 0 unspecified atom stereocenters. The number of ether oxygens (including phenoxy) is 3. The van der Waals surface area contributed by atoms with Crippen molar-refractivity contribution < 1.29 is 23.4 Å². The van der Waals surface area contributed by atoms with Gasteiger partial charge in [-0.1, -0.05) is 36.4 Å². The number of methoxy groups -OCH3 is 2. The van der Waals surface area contributed by atoms with Gasteiger partial charge in [0.1, 0.15) is 29.1 Å². The van der Waals surface area contributed by atoms with Crippen molar-refractivity contribution >= 4 is 16.9 Å². The highest BCUT2D eigenvalue weighted by Crippen LogP contribution is 2.45. The SMILES string of the molecule is COc1ccc([C@@H]2CC(=O)Oc3ccc4c(=O)c(-c5ccccc5)coc4c32)c(OC)c1. The first kappa shape index (κ1) is 19.9. The lowest BCUT2D eigenvalue weighted by molar-refractivity contribution is -0.135. The molecule has 6 nitrogen and oxygen atoms in total. The van der Waals surface area contributed by atoms with Crippen molar-refractivity contribution in [3.63, 3.8) is 0 Å². The van der Waals surface area contributed by atoms with Gasteiger partial charge in [-0.2, -0.15) is 0 Å². The Morgan fingerprint density at radius 3 is 2.50 bits per heavy atom. The van der Waals surface area contributed by atoms with Gasteiger partial charge in [-0.05, 0) is 23.8 Å². The number of fused-ring (bicyclic) bond motifs is 3. The van der Waals surface area contributed by atoms with Gasteiger partial charge in [0.15, 0.2) is 0 Å². The van der Waals surface area contributed by atoms with Crippen LogP contribution in [0.4, 0.5) is 0 Å². The molecule has 0 amide bonds. The lowest BCUT2D eigenvalue weighted by Crippen LogP contribution is -2.22. The van der Waals surface area contributed by atoms with E-state index in [-0.39, 0.29) is 17.8 Å². The van der Waals surface area contributed by atoms with E-state index in [9.17, 15) is 9.59 Å². The molecule has 0 aliphatic carbocycles. The third-order valence-electron chi connectivity index (χ3n) is 5.78. The molecule has 5 rings (SSSR count). The summed E-state index contributed by atoms with van der Waals surface area (Å²) in [5.41, 5.74) is 2.96. The minimum Gasteiger partial charge on any atom is -0.497 e. The van der Waals surface area contributed by atoms with Gasteiger partial charge in [0.05, 0.1) is 31.6 Å². The molecule has 160 valence electrons. The van der Waals surface area contributed by atoms with Crippen molar-refractivity contribution in [1.29, 1.82) is 0 Å². The second kappa shape index (κ2) is 7.89. The van der Waals surface area contributed by atoms with E-state index in [4.69, 9.17) is 18.6 Å². The molecule has 32 heavy (non-hydrogen) atoms. The first-order chi connectivity index (χ1) is 15.6. The fourth-order valence-electron chi connectivity index (χ4n) is 4.24. The van der Waals surface area contributed by atoms with Gasteiger partial charge in [-0.25, -0.2) is 0 Å². The zero-order valence-corrected chi connectivity index (χ0v) is 17.6. The lowest BCUT2D eigenvalue weighted by Gasteiger charge is -2.26. The average molecular weight is 428 g/mol. The van der Waals surface area contributed by atoms with E-state index in [2.05, 4.69) is 0 Å². The summed E-state index contributed by atoms with van der Waals surface area (Å²) in [6.45, 7) is 0. The van der Waals surface area contributed by atoms with Gasteiger partial charge in [-0.15, -0.1) is 0 Å². The molecule has 0 spiro atoms. The quantitative estimate of drug-likeness (QED) is 0.339. The summed E-state index contributed by atoms with van der Waals surface area (Å²) in [7, 11) is 3.14. The zero-order chi connectivity index (χ0) is 22.2. The van der Waals surface area contributed by atoms with Crippen LogP contribution in [0.2, 0.25) is 0 Å². The van der Waals surface area contributed by atoms with Gasteiger partial charge in [0.2, 0.25) is 5.43 Å². The molecular weight excluding hydrogens is 408 g/mol. The number of hydrogen-bond donors (Lipinski definition) is 0. The highest BCUT2D eigenvalue weighted by atomic mass is 16.5. The minimum absolute atomic E-state index is 0.0962. The van der Waals surface area contributed by atoms with Crippen LogP contribution in [-0.2, 0) is 4.79 Å². The van der Waals surface area contributed by atoms with Crippen LogP contribution in [0.1, 0.15) is 23.5 Å². The lowest BCUT2D eigenvalue weighted by atomic mass is 9.84. The summed E-state index contributed by atoms with van der Waals surface area (Å²) in [5.74, 6) is 0.841. The van der Waals surface area contributed by atoms with Crippen LogP contribution >= 0.6 is 0 Å².